The zero-order valence-electron chi connectivity index (χ0n) is 12.4. The average Bonchev–Trinajstić information content (AvgIpc) is 2.93. The molecule has 6 heteroatoms. The van der Waals surface area contributed by atoms with Crippen LogP contribution in [0, 0.1) is 0 Å². The molecule has 0 N–H and O–H groups in total. The van der Waals surface area contributed by atoms with Gasteiger partial charge in [-0.25, -0.2) is 0 Å². The molecule has 0 spiro atoms. The molecule has 0 radical (unpaired) electrons. The summed E-state index contributed by atoms with van der Waals surface area (Å²) in [5.74, 6) is 0.929. The minimum absolute atomic E-state index is 0.0265. The third kappa shape index (κ3) is 5.55. The van der Waals surface area contributed by atoms with Gasteiger partial charge in [-0.1, -0.05) is 26.2 Å². The highest BCUT2D eigenvalue weighted by atomic mass is 32.2. The fourth-order valence-corrected chi connectivity index (χ4v) is 6.44. The maximum Gasteiger partial charge on any atom is 0.537 e. The fourth-order valence-electron chi connectivity index (χ4n) is 1.99. The Balaban J connectivity index is 2.53. The molecule has 0 saturated carbocycles. The molecule has 1 aliphatic rings. The number of nitrogens with zero attached hydrogens (tertiary/aromatic N) is 1. The van der Waals surface area contributed by atoms with Crippen LogP contribution in [-0.2, 0) is 13.3 Å². The number of hydrogen-bond acceptors (Lipinski definition) is 5. The van der Waals surface area contributed by atoms with Gasteiger partial charge in [-0.3, -0.25) is 4.99 Å². The number of rotatable bonds is 11. The normalized spacial score (nSPS) is 19.2. The van der Waals surface area contributed by atoms with Crippen LogP contribution in [-0.4, -0.2) is 45.6 Å². The van der Waals surface area contributed by atoms with Crippen LogP contribution in [0.3, 0.4) is 0 Å². The van der Waals surface area contributed by atoms with Gasteiger partial charge in [-0.05, 0) is 20.3 Å². The van der Waals surface area contributed by atoms with Crippen molar-refractivity contribution in [1.29, 1.82) is 0 Å². The van der Waals surface area contributed by atoms with E-state index in [0.717, 1.165) is 18.8 Å². The lowest BCUT2D eigenvalue weighted by atomic mass is 10.2. The molecule has 0 bridgehead atoms. The summed E-state index contributed by atoms with van der Waals surface area (Å²) in [6.45, 7) is 8.15. The molecule has 1 aliphatic heterocycles. The van der Waals surface area contributed by atoms with Crippen LogP contribution in [0.25, 0.3) is 0 Å². The molecule has 0 saturated heterocycles. The van der Waals surface area contributed by atoms with Gasteiger partial charge in [0.25, 0.3) is 0 Å². The van der Waals surface area contributed by atoms with Crippen LogP contribution in [0.2, 0.25) is 0 Å². The molecule has 1 heterocycles. The molecular formula is C13H27NO3SSi. The molecule has 1 atom stereocenters. The van der Waals surface area contributed by atoms with Gasteiger partial charge in [0.1, 0.15) is 0 Å². The average molecular weight is 306 g/mol. The molecule has 4 nitrogen and oxygen atoms in total. The highest BCUT2D eigenvalue weighted by Gasteiger charge is 2.51. The van der Waals surface area contributed by atoms with Crippen molar-refractivity contribution >= 4 is 26.8 Å². The van der Waals surface area contributed by atoms with Crippen molar-refractivity contribution in [1.82, 2.24) is 0 Å². The Morgan fingerprint density at radius 1 is 1.11 bits per heavy atom. The topological polar surface area (TPSA) is 40.0 Å². The van der Waals surface area contributed by atoms with Crippen molar-refractivity contribution in [2.45, 2.75) is 51.5 Å². The van der Waals surface area contributed by atoms with Gasteiger partial charge in [0, 0.05) is 31.8 Å². The zero-order chi connectivity index (χ0) is 14.0. The number of hydrogen-bond donors (Lipinski definition) is 0. The molecular weight excluding hydrogens is 278 g/mol. The van der Waals surface area contributed by atoms with E-state index < -0.39 is 8.80 Å². The van der Waals surface area contributed by atoms with Crippen LogP contribution < -0.4 is 0 Å². The van der Waals surface area contributed by atoms with E-state index in [2.05, 4.69) is 11.9 Å². The number of aliphatic imine (C=N–C) groups is 1. The first-order chi connectivity index (χ1) is 9.29. The van der Waals surface area contributed by atoms with E-state index in [9.17, 15) is 0 Å². The first kappa shape index (κ1) is 17.2. The second kappa shape index (κ2) is 9.93. The Kier molecular flexibility index (Phi) is 8.98. The van der Waals surface area contributed by atoms with Gasteiger partial charge in [-0.15, -0.1) is 11.8 Å². The summed E-state index contributed by atoms with van der Waals surface area (Å²) in [4.78, 5) is 4.51. The molecule has 112 valence electrons. The summed E-state index contributed by atoms with van der Waals surface area (Å²) in [5, 5.41) is 0. The molecule has 0 aromatic carbocycles. The van der Waals surface area contributed by atoms with Crippen LogP contribution in [0.4, 0.5) is 0 Å². The van der Waals surface area contributed by atoms with Crippen molar-refractivity contribution in [3.05, 3.63) is 0 Å². The highest BCUT2D eigenvalue weighted by molar-refractivity contribution is 8.02. The molecule has 0 aromatic heterocycles. The van der Waals surface area contributed by atoms with Crippen molar-refractivity contribution in [3.8, 4) is 0 Å². The molecule has 0 amide bonds. The zero-order valence-corrected chi connectivity index (χ0v) is 14.2. The molecule has 19 heavy (non-hydrogen) atoms. The van der Waals surface area contributed by atoms with E-state index in [1.807, 2.05) is 20.1 Å². The third-order valence-corrected chi connectivity index (χ3v) is 7.75. The van der Waals surface area contributed by atoms with Gasteiger partial charge >= 0.3 is 8.80 Å². The summed E-state index contributed by atoms with van der Waals surface area (Å²) in [6.07, 6.45) is 6.72. The Morgan fingerprint density at radius 3 is 2.37 bits per heavy atom. The smallest absolute Gasteiger partial charge is 0.372 e. The first-order valence-electron chi connectivity index (χ1n) is 7.34. The van der Waals surface area contributed by atoms with Gasteiger partial charge < -0.3 is 13.3 Å². The van der Waals surface area contributed by atoms with Crippen LogP contribution in [0.15, 0.2) is 4.99 Å². The summed E-state index contributed by atoms with van der Waals surface area (Å²) in [7, 11) is -2.66. The van der Waals surface area contributed by atoms with Crippen molar-refractivity contribution in [2.24, 2.45) is 4.99 Å². The predicted octanol–water partition coefficient (Wildman–Crippen LogP) is 3.28. The maximum atomic E-state index is 6.10. The fraction of sp³-hybridized carbons (Fsp3) is 0.923. The van der Waals surface area contributed by atoms with Crippen LogP contribution in [0.1, 0.15) is 46.5 Å². The van der Waals surface area contributed by atoms with Gasteiger partial charge in [-0.2, -0.15) is 0 Å². The number of thioether (sulfide) groups is 1. The van der Waals surface area contributed by atoms with E-state index in [4.69, 9.17) is 13.3 Å². The Morgan fingerprint density at radius 2 is 1.84 bits per heavy atom. The summed E-state index contributed by atoms with van der Waals surface area (Å²) in [6, 6.07) is 0. The molecule has 1 rings (SSSR count). The Hall–Kier alpha value is 0.117. The lowest BCUT2D eigenvalue weighted by Crippen LogP contribution is -2.54. The molecule has 0 aliphatic carbocycles. The molecule has 1 unspecified atom stereocenters. The standard InChI is InChI=1S/C13H27NO3SSi/c1-4-7-8-9-11-17-19(15-5-2,16-6-3)13-14-10-12-18-13/h10,13H,4-9,11-12H2,1-3H3. The third-order valence-electron chi connectivity index (χ3n) is 2.86. The summed E-state index contributed by atoms with van der Waals surface area (Å²) in [5.41, 5.74) is 0. The highest BCUT2D eigenvalue weighted by Crippen LogP contribution is 2.30. The van der Waals surface area contributed by atoms with Crippen molar-refractivity contribution in [3.63, 3.8) is 0 Å². The molecule has 0 aromatic rings. The Labute approximate surface area is 122 Å². The van der Waals surface area contributed by atoms with Crippen LogP contribution in [0.5, 0.6) is 0 Å². The second-order valence-corrected chi connectivity index (χ2v) is 8.55. The Bertz CT molecular complexity index is 260. The SMILES string of the molecule is CCCCCCO[Si](OCC)(OCC)C1N=CCS1. The largest absolute Gasteiger partial charge is 0.537 e. The van der Waals surface area contributed by atoms with Gasteiger partial charge in [0.05, 0.1) is 0 Å². The predicted molar refractivity (Wildman–Crippen MR) is 83.8 cm³/mol. The lowest BCUT2D eigenvalue weighted by molar-refractivity contribution is 0.0646. The molecule has 0 fully saturated rings. The van der Waals surface area contributed by atoms with E-state index in [-0.39, 0.29) is 5.00 Å². The summed E-state index contributed by atoms with van der Waals surface area (Å²) < 4.78 is 17.9. The van der Waals surface area contributed by atoms with Gasteiger partial charge in [0.15, 0.2) is 5.00 Å². The van der Waals surface area contributed by atoms with E-state index in [1.165, 1.54) is 19.3 Å². The van der Waals surface area contributed by atoms with E-state index in [0.29, 0.717) is 13.2 Å². The minimum atomic E-state index is -2.66. The van der Waals surface area contributed by atoms with E-state index >= 15 is 0 Å². The van der Waals surface area contributed by atoms with E-state index in [1.54, 1.807) is 11.8 Å². The number of unbranched alkanes of at least 4 members (excludes halogenated alkanes) is 3. The van der Waals surface area contributed by atoms with Crippen molar-refractivity contribution in [2.75, 3.05) is 25.6 Å². The maximum absolute atomic E-state index is 6.10. The quantitative estimate of drug-likeness (QED) is 0.434. The lowest BCUT2D eigenvalue weighted by Gasteiger charge is -2.31. The summed E-state index contributed by atoms with van der Waals surface area (Å²) >= 11 is 1.76. The van der Waals surface area contributed by atoms with Crippen molar-refractivity contribution < 1.29 is 13.3 Å². The van der Waals surface area contributed by atoms with Gasteiger partial charge in [0.2, 0.25) is 0 Å². The van der Waals surface area contributed by atoms with Crippen LogP contribution >= 0.6 is 11.8 Å². The first-order valence-corrected chi connectivity index (χ1v) is 10.2. The monoisotopic (exact) mass is 305 g/mol. The second-order valence-electron chi connectivity index (χ2n) is 4.40. The minimum Gasteiger partial charge on any atom is -0.372 e.